The lowest BCUT2D eigenvalue weighted by Crippen LogP contribution is -2.07. The van der Waals surface area contributed by atoms with Crippen LogP contribution in [0.5, 0.6) is 0 Å². The predicted molar refractivity (Wildman–Crippen MR) is 73.3 cm³/mol. The molecule has 0 radical (unpaired) electrons. The molecule has 2 aromatic rings. The van der Waals surface area contributed by atoms with Gasteiger partial charge in [-0.2, -0.15) is 5.10 Å². The van der Waals surface area contributed by atoms with Crippen molar-refractivity contribution >= 4 is 23.2 Å². The molecule has 0 atom stereocenters. The molecule has 0 aliphatic rings. The molecule has 0 saturated carbocycles. The molecule has 0 fully saturated rings. The van der Waals surface area contributed by atoms with Gasteiger partial charge in [-0.15, -0.1) is 0 Å². The van der Waals surface area contributed by atoms with Gasteiger partial charge in [0.15, 0.2) is 5.82 Å². The molecule has 1 aromatic carbocycles. The quantitative estimate of drug-likeness (QED) is 0.661. The van der Waals surface area contributed by atoms with Crippen LogP contribution in [-0.4, -0.2) is 22.4 Å². The number of carbonyl (C=O) groups excluding carboxylic acids is 1. The highest BCUT2D eigenvalue weighted by atomic mass is 19.1. The Labute approximate surface area is 115 Å². The highest BCUT2D eigenvalue weighted by molar-refractivity contribution is 5.95. The molecule has 0 amide bonds. The topological polar surface area (TPSA) is 82.2 Å². The van der Waals surface area contributed by atoms with Crippen LogP contribution in [0.25, 0.3) is 0 Å². The average molecular weight is 278 g/mol. The van der Waals surface area contributed by atoms with Gasteiger partial charge in [0, 0.05) is 13.2 Å². The highest BCUT2D eigenvalue weighted by Gasteiger charge is 2.17. The maximum atomic E-state index is 13.2. The number of ether oxygens (including phenoxy) is 1. The highest BCUT2D eigenvalue weighted by Crippen LogP contribution is 2.25. The van der Waals surface area contributed by atoms with E-state index in [2.05, 4.69) is 10.4 Å². The Morgan fingerprint density at radius 2 is 2.30 bits per heavy atom. The fraction of sp³-hybridized carbons (Fsp3) is 0.231. The zero-order chi connectivity index (χ0) is 14.7. The van der Waals surface area contributed by atoms with Crippen LogP contribution in [0.1, 0.15) is 17.3 Å². The average Bonchev–Trinajstić information content (AvgIpc) is 2.75. The Balaban J connectivity index is 2.33. The van der Waals surface area contributed by atoms with Crippen molar-refractivity contribution in [3.05, 3.63) is 35.8 Å². The first-order chi connectivity index (χ1) is 9.51. The summed E-state index contributed by atoms with van der Waals surface area (Å²) < 4.78 is 19.6. The summed E-state index contributed by atoms with van der Waals surface area (Å²) in [4.78, 5) is 11.8. The summed E-state index contributed by atoms with van der Waals surface area (Å²) >= 11 is 0. The molecule has 1 heterocycles. The molecule has 0 unspecified atom stereocenters. The van der Waals surface area contributed by atoms with Gasteiger partial charge in [0.2, 0.25) is 0 Å². The van der Waals surface area contributed by atoms with Gasteiger partial charge in [0.1, 0.15) is 11.4 Å². The molecule has 0 spiro atoms. The minimum atomic E-state index is -0.502. The van der Waals surface area contributed by atoms with Crippen LogP contribution >= 0.6 is 0 Å². The number of hydrogen-bond acceptors (Lipinski definition) is 5. The lowest BCUT2D eigenvalue weighted by atomic mass is 10.2. The maximum Gasteiger partial charge on any atom is 0.343 e. The number of nitrogens with zero attached hydrogens (tertiary/aromatic N) is 2. The van der Waals surface area contributed by atoms with E-state index in [0.29, 0.717) is 11.4 Å². The number of rotatable bonds is 4. The molecule has 0 aliphatic heterocycles. The Bertz CT molecular complexity index is 639. The van der Waals surface area contributed by atoms with Crippen molar-refractivity contribution in [2.75, 3.05) is 17.7 Å². The van der Waals surface area contributed by atoms with Crippen molar-refractivity contribution in [1.82, 2.24) is 9.78 Å². The van der Waals surface area contributed by atoms with Gasteiger partial charge < -0.3 is 15.8 Å². The zero-order valence-electron chi connectivity index (χ0n) is 11.2. The van der Waals surface area contributed by atoms with Crippen molar-refractivity contribution in [3.63, 3.8) is 0 Å². The Morgan fingerprint density at radius 3 is 3.00 bits per heavy atom. The lowest BCUT2D eigenvalue weighted by Gasteiger charge is -2.08. The summed E-state index contributed by atoms with van der Waals surface area (Å²) in [6.07, 6.45) is 1.52. The van der Waals surface area contributed by atoms with Crippen molar-refractivity contribution < 1.29 is 13.9 Å². The van der Waals surface area contributed by atoms with Crippen LogP contribution in [0.3, 0.4) is 0 Å². The first-order valence-corrected chi connectivity index (χ1v) is 6.04. The molecule has 7 heteroatoms. The molecule has 0 saturated heterocycles. The molecule has 2 rings (SSSR count). The van der Waals surface area contributed by atoms with Gasteiger partial charge in [-0.25, -0.2) is 9.18 Å². The predicted octanol–water partition coefficient (Wildman–Crippen LogP) is 2.06. The summed E-state index contributed by atoms with van der Waals surface area (Å²) in [5.41, 5.74) is 6.71. The lowest BCUT2D eigenvalue weighted by molar-refractivity contribution is 0.0527. The second kappa shape index (κ2) is 5.60. The maximum absolute atomic E-state index is 13.2. The number of halogens is 1. The van der Waals surface area contributed by atoms with E-state index in [1.165, 1.54) is 29.1 Å². The van der Waals surface area contributed by atoms with Gasteiger partial charge in [0.05, 0.1) is 18.0 Å². The van der Waals surface area contributed by atoms with Crippen LogP contribution in [0.4, 0.5) is 21.6 Å². The second-order valence-corrected chi connectivity index (χ2v) is 4.14. The fourth-order valence-electron chi connectivity index (χ4n) is 1.70. The van der Waals surface area contributed by atoms with Crippen molar-refractivity contribution in [2.24, 2.45) is 7.05 Å². The number of esters is 1. The SMILES string of the molecule is CCOC(=O)c1cn(C)nc1Nc1cc(F)ccc1N. The van der Waals surface area contributed by atoms with Crippen LogP contribution in [0, 0.1) is 5.82 Å². The van der Waals surface area contributed by atoms with Crippen LogP contribution in [0.15, 0.2) is 24.4 Å². The Morgan fingerprint density at radius 1 is 1.55 bits per heavy atom. The number of carbonyl (C=O) groups is 1. The molecule has 0 aliphatic carbocycles. The van der Waals surface area contributed by atoms with Gasteiger partial charge in [0.25, 0.3) is 0 Å². The third-order valence-corrected chi connectivity index (χ3v) is 2.59. The first-order valence-electron chi connectivity index (χ1n) is 6.04. The third kappa shape index (κ3) is 2.87. The van der Waals surface area contributed by atoms with E-state index in [1.54, 1.807) is 14.0 Å². The summed E-state index contributed by atoms with van der Waals surface area (Å²) in [5, 5.41) is 6.95. The Kier molecular flexibility index (Phi) is 3.88. The number of aromatic nitrogens is 2. The van der Waals surface area contributed by atoms with E-state index in [-0.39, 0.29) is 18.0 Å². The monoisotopic (exact) mass is 278 g/mol. The van der Waals surface area contributed by atoms with E-state index in [1.807, 2.05) is 0 Å². The smallest absolute Gasteiger partial charge is 0.343 e. The summed E-state index contributed by atoms with van der Waals surface area (Å²) in [6, 6.07) is 3.93. The molecule has 106 valence electrons. The molecule has 20 heavy (non-hydrogen) atoms. The minimum Gasteiger partial charge on any atom is -0.462 e. The van der Waals surface area contributed by atoms with Gasteiger partial charge >= 0.3 is 5.97 Å². The molecule has 6 nitrogen and oxygen atoms in total. The van der Waals surface area contributed by atoms with E-state index in [9.17, 15) is 9.18 Å². The van der Waals surface area contributed by atoms with Crippen molar-refractivity contribution in [3.8, 4) is 0 Å². The number of nitrogen functional groups attached to an aromatic ring is 1. The molecule has 1 aromatic heterocycles. The minimum absolute atomic E-state index is 0.259. The first kappa shape index (κ1) is 13.9. The van der Waals surface area contributed by atoms with E-state index < -0.39 is 11.8 Å². The normalized spacial score (nSPS) is 10.3. The third-order valence-electron chi connectivity index (χ3n) is 2.59. The van der Waals surface area contributed by atoms with E-state index in [0.717, 1.165) is 0 Å². The number of nitrogens with two attached hydrogens (primary N) is 1. The molecular formula is C13H15FN4O2. The summed E-state index contributed by atoms with van der Waals surface area (Å²) in [6.45, 7) is 1.97. The van der Waals surface area contributed by atoms with Gasteiger partial charge in [-0.3, -0.25) is 4.68 Å². The largest absolute Gasteiger partial charge is 0.462 e. The van der Waals surface area contributed by atoms with Crippen LogP contribution < -0.4 is 11.1 Å². The number of anilines is 3. The van der Waals surface area contributed by atoms with Crippen molar-refractivity contribution in [2.45, 2.75) is 6.92 Å². The van der Waals surface area contributed by atoms with Crippen LogP contribution in [-0.2, 0) is 11.8 Å². The van der Waals surface area contributed by atoms with E-state index in [4.69, 9.17) is 10.5 Å². The van der Waals surface area contributed by atoms with Crippen LogP contribution in [0.2, 0.25) is 0 Å². The number of aryl methyl sites for hydroxylation is 1. The summed E-state index contributed by atoms with van der Waals surface area (Å²) in [7, 11) is 1.67. The van der Waals surface area contributed by atoms with Crippen molar-refractivity contribution in [1.29, 1.82) is 0 Å². The summed E-state index contributed by atoms with van der Waals surface area (Å²) in [5.74, 6) is -0.670. The second-order valence-electron chi connectivity index (χ2n) is 4.14. The van der Waals surface area contributed by atoms with Gasteiger partial charge in [-0.05, 0) is 25.1 Å². The molecular weight excluding hydrogens is 263 g/mol. The standard InChI is InChI=1S/C13H15FN4O2/c1-3-20-13(19)9-7-18(2)17-12(9)16-11-6-8(14)4-5-10(11)15/h4-7H,3,15H2,1-2H3,(H,16,17). The zero-order valence-corrected chi connectivity index (χ0v) is 11.2. The van der Waals surface area contributed by atoms with Gasteiger partial charge in [-0.1, -0.05) is 0 Å². The molecule has 0 bridgehead atoms. The number of hydrogen-bond donors (Lipinski definition) is 2. The number of benzene rings is 1. The Hall–Kier alpha value is -2.57. The molecule has 3 N–H and O–H groups in total. The van der Waals surface area contributed by atoms with E-state index >= 15 is 0 Å². The fourth-order valence-corrected chi connectivity index (χ4v) is 1.70. The number of nitrogens with one attached hydrogen (secondary N) is 1.